The van der Waals surface area contributed by atoms with Crippen molar-refractivity contribution in [1.29, 1.82) is 0 Å². The van der Waals surface area contributed by atoms with Gasteiger partial charge in [0.2, 0.25) is 10.0 Å². The van der Waals surface area contributed by atoms with Crippen LogP contribution < -0.4 is 5.73 Å². The predicted octanol–water partition coefficient (Wildman–Crippen LogP) is 1.84. The highest BCUT2D eigenvalue weighted by Crippen LogP contribution is 2.30. The van der Waals surface area contributed by atoms with Gasteiger partial charge in [0.1, 0.15) is 11.5 Å². The van der Waals surface area contributed by atoms with Gasteiger partial charge in [0.15, 0.2) is 0 Å². The van der Waals surface area contributed by atoms with Crippen LogP contribution in [-0.2, 0) is 15.8 Å². The van der Waals surface area contributed by atoms with Gasteiger partial charge in [0, 0.05) is 25.0 Å². The van der Waals surface area contributed by atoms with Gasteiger partial charge >= 0.3 is 0 Å². The van der Waals surface area contributed by atoms with Gasteiger partial charge in [0.05, 0.1) is 5.75 Å². The smallest absolute Gasteiger partial charge is 0.218 e. The van der Waals surface area contributed by atoms with E-state index in [1.165, 1.54) is 4.31 Å². The second kappa shape index (κ2) is 5.87. The molecule has 1 fully saturated rings. The van der Waals surface area contributed by atoms with Crippen molar-refractivity contribution in [2.45, 2.75) is 24.6 Å². The van der Waals surface area contributed by atoms with Crippen molar-refractivity contribution in [1.82, 2.24) is 4.31 Å². The summed E-state index contributed by atoms with van der Waals surface area (Å²) >= 11 is 0. The van der Waals surface area contributed by atoms with Crippen LogP contribution in [-0.4, -0.2) is 31.9 Å². The minimum atomic E-state index is -3.37. The fourth-order valence-electron chi connectivity index (χ4n) is 2.85. The lowest BCUT2D eigenvalue weighted by Gasteiger charge is -2.16. The molecular weight excluding hydrogens is 300 g/mol. The van der Waals surface area contributed by atoms with Gasteiger partial charge in [-0.25, -0.2) is 8.42 Å². The Morgan fingerprint density at radius 2 is 1.91 bits per heavy atom. The standard InChI is InChI=1S/C16H20N2O3S/c1-12-7-8-16(21-12)14-9-18(10-15(14)17)22(19,20)11-13-5-3-2-4-6-13/h2-8,14-15H,9-11,17H2,1H3/t14-,15-/m1/s1. The van der Waals surface area contributed by atoms with Crippen LogP contribution in [0.1, 0.15) is 23.0 Å². The largest absolute Gasteiger partial charge is 0.466 e. The normalized spacial score (nSPS) is 23.0. The molecule has 0 amide bonds. The average molecular weight is 320 g/mol. The van der Waals surface area contributed by atoms with Gasteiger partial charge in [-0.15, -0.1) is 0 Å². The summed E-state index contributed by atoms with van der Waals surface area (Å²) < 4.78 is 32.2. The second-order valence-electron chi connectivity index (χ2n) is 5.78. The third kappa shape index (κ3) is 3.09. The van der Waals surface area contributed by atoms with Crippen LogP contribution in [0.2, 0.25) is 0 Å². The highest BCUT2D eigenvalue weighted by Gasteiger charge is 2.38. The Kier molecular flexibility index (Phi) is 4.08. The van der Waals surface area contributed by atoms with E-state index in [1.807, 2.05) is 49.4 Å². The summed E-state index contributed by atoms with van der Waals surface area (Å²) in [4.78, 5) is 0. The first-order valence-electron chi connectivity index (χ1n) is 7.29. The maximum Gasteiger partial charge on any atom is 0.218 e. The number of hydrogen-bond donors (Lipinski definition) is 1. The van der Waals surface area contributed by atoms with E-state index in [9.17, 15) is 8.42 Å². The van der Waals surface area contributed by atoms with Gasteiger partial charge in [-0.2, -0.15) is 4.31 Å². The molecule has 6 heteroatoms. The molecule has 2 heterocycles. The summed E-state index contributed by atoms with van der Waals surface area (Å²) in [7, 11) is -3.37. The molecule has 1 aliphatic rings. The van der Waals surface area contributed by atoms with Crippen molar-refractivity contribution >= 4 is 10.0 Å². The quantitative estimate of drug-likeness (QED) is 0.932. The Hall–Kier alpha value is -1.63. The van der Waals surface area contributed by atoms with Gasteiger partial charge in [0.25, 0.3) is 0 Å². The number of nitrogens with zero attached hydrogens (tertiary/aromatic N) is 1. The molecule has 0 aliphatic carbocycles. The van der Waals surface area contributed by atoms with Crippen LogP contribution in [0.25, 0.3) is 0 Å². The SMILES string of the molecule is Cc1ccc([C@@H]2CN(S(=O)(=O)Cc3ccccc3)C[C@H]2N)o1. The van der Waals surface area contributed by atoms with E-state index in [1.54, 1.807) is 0 Å². The average Bonchev–Trinajstić information content (AvgIpc) is 3.06. The van der Waals surface area contributed by atoms with E-state index in [-0.39, 0.29) is 17.7 Å². The molecule has 0 saturated carbocycles. The molecule has 2 atom stereocenters. The molecule has 1 aromatic heterocycles. The van der Waals surface area contributed by atoms with Gasteiger partial charge in [-0.05, 0) is 24.6 Å². The first-order chi connectivity index (χ1) is 10.5. The molecule has 2 N–H and O–H groups in total. The van der Waals surface area contributed by atoms with Crippen molar-refractivity contribution in [3.63, 3.8) is 0 Å². The Morgan fingerprint density at radius 1 is 1.18 bits per heavy atom. The van der Waals surface area contributed by atoms with E-state index >= 15 is 0 Å². The number of rotatable bonds is 4. The van der Waals surface area contributed by atoms with E-state index in [0.717, 1.165) is 17.1 Å². The van der Waals surface area contributed by atoms with Crippen molar-refractivity contribution in [2.24, 2.45) is 5.73 Å². The summed E-state index contributed by atoms with van der Waals surface area (Å²) in [6.07, 6.45) is 0. The van der Waals surface area contributed by atoms with Crippen LogP contribution in [0.3, 0.4) is 0 Å². The van der Waals surface area contributed by atoms with Crippen LogP contribution in [0.15, 0.2) is 46.9 Å². The predicted molar refractivity (Wildman–Crippen MR) is 84.8 cm³/mol. The first-order valence-corrected chi connectivity index (χ1v) is 8.90. The topological polar surface area (TPSA) is 76.5 Å². The van der Waals surface area contributed by atoms with Crippen molar-refractivity contribution in [3.05, 3.63) is 59.5 Å². The third-order valence-electron chi connectivity index (χ3n) is 4.04. The monoisotopic (exact) mass is 320 g/mol. The molecule has 22 heavy (non-hydrogen) atoms. The van der Waals surface area contributed by atoms with Crippen LogP contribution in [0.4, 0.5) is 0 Å². The Labute approximate surface area is 130 Å². The molecule has 0 spiro atoms. The molecule has 3 rings (SSSR count). The summed E-state index contributed by atoms with van der Waals surface area (Å²) in [6, 6.07) is 12.7. The van der Waals surface area contributed by atoms with Crippen LogP contribution >= 0.6 is 0 Å². The summed E-state index contributed by atoms with van der Waals surface area (Å²) in [5.74, 6) is 1.50. The molecular formula is C16H20N2O3S. The minimum Gasteiger partial charge on any atom is -0.466 e. The van der Waals surface area contributed by atoms with Crippen molar-refractivity contribution < 1.29 is 12.8 Å². The Balaban J connectivity index is 1.76. The highest BCUT2D eigenvalue weighted by atomic mass is 32.2. The molecule has 1 aromatic carbocycles. The number of hydrogen-bond acceptors (Lipinski definition) is 4. The first kappa shape index (κ1) is 15.3. The molecule has 0 bridgehead atoms. The summed E-state index contributed by atoms with van der Waals surface area (Å²) in [6.45, 7) is 2.58. The maximum absolute atomic E-state index is 12.6. The highest BCUT2D eigenvalue weighted by molar-refractivity contribution is 7.88. The number of nitrogens with two attached hydrogens (primary N) is 1. The molecule has 1 aliphatic heterocycles. The van der Waals surface area contributed by atoms with Gasteiger partial charge in [-0.1, -0.05) is 30.3 Å². The molecule has 0 radical (unpaired) electrons. The van der Waals surface area contributed by atoms with E-state index in [2.05, 4.69) is 0 Å². The zero-order chi connectivity index (χ0) is 15.7. The zero-order valence-corrected chi connectivity index (χ0v) is 13.3. The summed E-state index contributed by atoms with van der Waals surface area (Å²) in [5, 5.41) is 0. The minimum absolute atomic E-state index is 0.00443. The fraction of sp³-hybridized carbons (Fsp3) is 0.375. The molecule has 118 valence electrons. The fourth-order valence-corrected chi connectivity index (χ4v) is 4.43. The molecule has 2 aromatic rings. The number of furan rings is 1. The second-order valence-corrected chi connectivity index (χ2v) is 7.75. The number of aryl methyl sites for hydroxylation is 1. The number of benzene rings is 1. The van der Waals surface area contributed by atoms with Gasteiger partial charge < -0.3 is 10.2 Å². The third-order valence-corrected chi connectivity index (χ3v) is 5.83. The van der Waals surface area contributed by atoms with E-state index in [4.69, 9.17) is 10.2 Å². The molecule has 1 saturated heterocycles. The van der Waals surface area contributed by atoms with E-state index in [0.29, 0.717) is 13.1 Å². The Morgan fingerprint density at radius 3 is 2.55 bits per heavy atom. The lowest BCUT2D eigenvalue weighted by molar-refractivity contribution is 0.428. The van der Waals surface area contributed by atoms with Gasteiger partial charge in [-0.3, -0.25) is 0 Å². The van der Waals surface area contributed by atoms with Crippen molar-refractivity contribution in [3.8, 4) is 0 Å². The Bertz CT molecular complexity index is 740. The maximum atomic E-state index is 12.6. The lowest BCUT2D eigenvalue weighted by Crippen LogP contribution is -2.33. The van der Waals surface area contributed by atoms with Crippen LogP contribution in [0.5, 0.6) is 0 Å². The molecule has 5 nitrogen and oxygen atoms in total. The zero-order valence-electron chi connectivity index (χ0n) is 12.5. The lowest BCUT2D eigenvalue weighted by atomic mass is 10.0. The van der Waals surface area contributed by atoms with Crippen LogP contribution in [0, 0.1) is 6.92 Å². The number of sulfonamides is 1. The van der Waals surface area contributed by atoms with Crippen molar-refractivity contribution in [2.75, 3.05) is 13.1 Å². The molecule has 0 unspecified atom stereocenters. The van der Waals surface area contributed by atoms with E-state index < -0.39 is 10.0 Å². The summed E-state index contributed by atoms with van der Waals surface area (Å²) in [5.41, 5.74) is 6.92.